The van der Waals surface area contributed by atoms with E-state index in [0.717, 1.165) is 12.2 Å². The standard InChI is InChI=1S/C8H10N2/c1-2-3-5-8-9-6-4-7-10-8/h3-7H,2H2,1H3/b5-3+. The molecule has 10 heavy (non-hydrogen) atoms. The molecule has 0 aliphatic heterocycles. The summed E-state index contributed by atoms with van der Waals surface area (Å²) >= 11 is 0. The van der Waals surface area contributed by atoms with Crippen LogP contribution in [0.15, 0.2) is 24.5 Å². The van der Waals surface area contributed by atoms with Crippen molar-refractivity contribution in [2.24, 2.45) is 0 Å². The lowest BCUT2D eigenvalue weighted by molar-refractivity contribution is 1.13. The van der Waals surface area contributed by atoms with E-state index in [1.54, 1.807) is 12.4 Å². The van der Waals surface area contributed by atoms with Crippen LogP contribution in [0.25, 0.3) is 6.08 Å². The van der Waals surface area contributed by atoms with E-state index in [1.807, 2.05) is 18.2 Å². The van der Waals surface area contributed by atoms with Gasteiger partial charge in [-0.3, -0.25) is 0 Å². The van der Waals surface area contributed by atoms with Crippen LogP contribution in [0, 0.1) is 0 Å². The third kappa shape index (κ3) is 1.97. The van der Waals surface area contributed by atoms with Gasteiger partial charge in [0.05, 0.1) is 0 Å². The van der Waals surface area contributed by atoms with Crippen molar-refractivity contribution in [3.63, 3.8) is 0 Å². The molecule has 1 aromatic heterocycles. The highest BCUT2D eigenvalue weighted by molar-refractivity contribution is 5.38. The van der Waals surface area contributed by atoms with E-state index >= 15 is 0 Å². The van der Waals surface area contributed by atoms with Crippen LogP contribution >= 0.6 is 0 Å². The van der Waals surface area contributed by atoms with Gasteiger partial charge in [-0.15, -0.1) is 0 Å². The van der Waals surface area contributed by atoms with E-state index in [1.165, 1.54) is 0 Å². The Bertz CT molecular complexity index is 204. The largest absolute Gasteiger partial charge is 0.237 e. The Labute approximate surface area is 60.6 Å². The molecule has 1 rings (SSSR count). The first kappa shape index (κ1) is 6.93. The summed E-state index contributed by atoms with van der Waals surface area (Å²) in [5.41, 5.74) is 0. The second-order valence-electron chi connectivity index (χ2n) is 1.92. The number of rotatable bonds is 2. The molecule has 0 amide bonds. The Morgan fingerprint density at radius 3 is 2.70 bits per heavy atom. The maximum atomic E-state index is 4.02. The van der Waals surface area contributed by atoms with Crippen LogP contribution in [0.2, 0.25) is 0 Å². The minimum Gasteiger partial charge on any atom is -0.237 e. The van der Waals surface area contributed by atoms with Crippen LogP contribution in [-0.4, -0.2) is 9.97 Å². The molecule has 0 unspecified atom stereocenters. The molecule has 0 saturated heterocycles. The highest BCUT2D eigenvalue weighted by atomic mass is 14.8. The average Bonchev–Trinajstić information content (AvgIpc) is 2.03. The zero-order chi connectivity index (χ0) is 7.23. The van der Waals surface area contributed by atoms with E-state index in [2.05, 4.69) is 16.9 Å². The summed E-state index contributed by atoms with van der Waals surface area (Å²) in [5.74, 6) is 0.782. The molecular formula is C8H10N2. The summed E-state index contributed by atoms with van der Waals surface area (Å²) < 4.78 is 0. The fourth-order valence-electron chi connectivity index (χ4n) is 0.620. The molecule has 2 heteroatoms. The lowest BCUT2D eigenvalue weighted by atomic mass is 10.4. The van der Waals surface area contributed by atoms with Crippen molar-refractivity contribution >= 4 is 6.08 Å². The van der Waals surface area contributed by atoms with Crippen molar-refractivity contribution in [2.75, 3.05) is 0 Å². The Kier molecular flexibility index (Phi) is 2.62. The molecule has 0 bridgehead atoms. The van der Waals surface area contributed by atoms with Crippen molar-refractivity contribution < 1.29 is 0 Å². The van der Waals surface area contributed by atoms with E-state index < -0.39 is 0 Å². The van der Waals surface area contributed by atoms with Gasteiger partial charge in [-0.05, 0) is 18.6 Å². The third-order valence-corrected chi connectivity index (χ3v) is 1.09. The summed E-state index contributed by atoms with van der Waals surface area (Å²) in [6.07, 6.45) is 8.46. The summed E-state index contributed by atoms with van der Waals surface area (Å²) in [6, 6.07) is 1.81. The molecule has 0 atom stereocenters. The average molecular weight is 134 g/mol. The van der Waals surface area contributed by atoms with E-state index in [0.29, 0.717) is 0 Å². The monoisotopic (exact) mass is 134 g/mol. The van der Waals surface area contributed by atoms with E-state index in [4.69, 9.17) is 0 Å². The molecule has 0 aliphatic rings. The molecule has 1 aromatic rings. The highest BCUT2D eigenvalue weighted by Gasteiger charge is 1.82. The van der Waals surface area contributed by atoms with Gasteiger partial charge in [0, 0.05) is 12.4 Å². The Balaban J connectivity index is 2.67. The molecule has 0 spiro atoms. The fraction of sp³-hybridized carbons (Fsp3) is 0.250. The first-order chi connectivity index (χ1) is 4.93. The lowest BCUT2D eigenvalue weighted by Gasteiger charge is -1.86. The molecule has 1 heterocycles. The molecule has 0 saturated carbocycles. The second kappa shape index (κ2) is 3.77. The summed E-state index contributed by atoms with van der Waals surface area (Å²) in [6.45, 7) is 2.08. The van der Waals surface area contributed by atoms with Gasteiger partial charge in [-0.2, -0.15) is 0 Å². The van der Waals surface area contributed by atoms with Gasteiger partial charge < -0.3 is 0 Å². The zero-order valence-corrected chi connectivity index (χ0v) is 5.99. The number of nitrogens with zero attached hydrogens (tertiary/aromatic N) is 2. The summed E-state index contributed by atoms with van der Waals surface area (Å²) in [5, 5.41) is 0. The van der Waals surface area contributed by atoms with Crippen molar-refractivity contribution in [1.82, 2.24) is 9.97 Å². The van der Waals surface area contributed by atoms with Gasteiger partial charge >= 0.3 is 0 Å². The van der Waals surface area contributed by atoms with E-state index in [-0.39, 0.29) is 0 Å². The maximum absolute atomic E-state index is 4.02. The number of aromatic nitrogens is 2. The van der Waals surface area contributed by atoms with Gasteiger partial charge in [0.1, 0.15) is 0 Å². The van der Waals surface area contributed by atoms with Gasteiger partial charge in [-0.1, -0.05) is 13.0 Å². The van der Waals surface area contributed by atoms with E-state index in [9.17, 15) is 0 Å². The fourth-order valence-corrected chi connectivity index (χ4v) is 0.620. The predicted octanol–water partition coefficient (Wildman–Crippen LogP) is 1.90. The Morgan fingerprint density at radius 1 is 1.40 bits per heavy atom. The SMILES string of the molecule is CC/C=C/c1ncccn1. The molecule has 2 nitrogen and oxygen atoms in total. The predicted molar refractivity (Wildman–Crippen MR) is 41.4 cm³/mol. The van der Waals surface area contributed by atoms with Crippen LogP contribution < -0.4 is 0 Å². The smallest absolute Gasteiger partial charge is 0.151 e. The molecular weight excluding hydrogens is 124 g/mol. The lowest BCUT2D eigenvalue weighted by Crippen LogP contribution is -1.82. The molecule has 0 aliphatic carbocycles. The molecule has 0 aromatic carbocycles. The quantitative estimate of drug-likeness (QED) is 0.617. The van der Waals surface area contributed by atoms with Gasteiger partial charge in [0.25, 0.3) is 0 Å². The summed E-state index contributed by atoms with van der Waals surface area (Å²) in [7, 11) is 0. The number of hydrogen-bond donors (Lipinski definition) is 0. The normalized spacial score (nSPS) is 10.5. The van der Waals surface area contributed by atoms with Crippen LogP contribution in [0.3, 0.4) is 0 Å². The highest BCUT2D eigenvalue weighted by Crippen LogP contribution is 1.91. The molecule has 0 radical (unpaired) electrons. The van der Waals surface area contributed by atoms with Crippen molar-refractivity contribution in [3.05, 3.63) is 30.4 Å². The summed E-state index contributed by atoms with van der Waals surface area (Å²) in [4.78, 5) is 8.04. The van der Waals surface area contributed by atoms with Crippen LogP contribution in [0.5, 0.6) is 0 Å². The van der Waals surface area contributed by atoms with Crippen LogP contribution in [0.4, 0.5) is 0 Å². The Morgan fingerprint density at radius 2 is 2.10 bits per heavy atom. The van der Waals surface area contributed by atoms with Crippen LogP contribution in [0.1, 0.15) is 19.2 Å². The molecule has 0 fully saturated rings. The van der Waals surface area contributed by atoms with Gasteiger partial charge in [0.2, 0.25) is 0 Å². The maximum Gasteiger partial charge on any atom is 0.151 e. The van der Waals surface area contributed by atoms with Crippen molar-refractivity contribution in [2.45, 2.75) is 13.3 Å². The third-order valence-electron chi connectivity index (χ3n) is 1.09. The van der Waals surface area contributed by atoms with Crippen molar-refractivity contribution in [1.29, 1.82) is 0 Å². The van der Waals surface area contributed by atoms with Crippen LogP contribution in [-0.2, 0) is 0 Å². The zero-order valence-electron chi connectivity index (χ0n) is 5.99. The number of hydrogen-bond acceptors (Lipinski definition) is 2. The first-order valence-corrected chi connectivity index (χ1v) is 3.37. The Hall–Kier alpha value is -1.18. The molecule has 0 N–H and O–H groups in total. The first-order valence-electron chi connectivity index (χ1n) is 3.37. The molecule has 52 valence electrons. The minimum absolute atomic E-state index is 0.782. The minimum atomic E-state index is 0.782. The van der Waals surface area contributed by atoms with Gasteiger partial charge in [-0.25, -0.2) is 9.97 Å². The number of allylic oxidation sites excluding steroid dienone is 1. The topological polar surface area (TPSA) is 25.8 Å². The van der Waals surface area contributed by atoms with Gasteiger partial charge in [0.15, 0.2) is 5.82 Å². The van der Waals surface area contributed by atoms with Crippen molar-refractivity contribution in [3.8, 4) is 0 Å². The second-order valence-corrected chi connectivity index (χ2v) is 1.92.